The Morgan fingerprint density at radius 1 is 1.19 bits per heavy atom. The Morgan fingerprint density at radius 2 is 1.85 bits per heavy atom. The smallest absolute Gasteiger partial charge is 0.278 e. The van der Waals surface area contributed by atoms with Crippen LogP contribution in [0.25, 0.3) is 16.9 Å². The lowest BCUT2D eigenvalue weighted by molar-refractivity contribution is 0.412. The fraction of sp³-hybridized carbons (Fsp3) is 0.429. The molecular formula is C21H26ClN3O2. The summed E-state index contributed by atoms with van der Waals surface area (Å²) in [7, 11) is 3.36. The average molecular weight is 388 g/mol. The Morgan fingerprint density at radius 3 is 2.44 bits per heavy atom. The SMILES string of the molecule is CCC(CC)c1cc(C)n2nc(-c3cc(C)c(OC)cc3Cl)n(C)c(=O)c12. The molecule has 6 heteroatoms. The Labute approximate surface area is 164 Å². The van der Waals surface area contributed by atoms with E-state index in [4.69, 9.17) is 21.4 Å². The fourth-order valence-corrected chi connectivity index (χ4v) is 3.98. The van der Waals surface area contributed by atoms with Gasteiger partial charge in [0.2, 0.25) is 0 Å². The monoisotopic (exact) mass is 387 g/mol. The fourth-order valence-electron chi connectivity index (χ4n) is 3.74. The molecule has 0 bridgehead atoms. The van der Waals surface area contributed by atoms with Crippen LogP contribution in [-0.2, 0) is 7.05 Å². The highest BCUT2D eigenvalue weighted by Crippen LogP contribution is 2.33. The zero-order chi connectivity index (χ0) is 19.9. The molecule has 0 atom stereocenters. The van der Waals surface area contributed by atoms with Crippen LogP contribution in [0.15, 0.2) is 23.0 Å². The van der Waals surface area contributed by atoms with Gasteiger partial charge in [-0.15, -0.1) is 5.10 Å². The Hall–Kier alpha value is -2.27. The van der Waals surface area contributed by atoms with Crippen molar-refractivity contribution in [1.29, 1.82) is 0 Å². The predicted octanol–water partition coefficient (Wildman–Crippen LogP) is 4.88. The number of rotatable bonds is 5. The van der Waals surface area contributed by atoms with E-state index in [0.717, 1.165) is 29.7 Å². The number of halogens is 1. The molecule has 0 amide bonds. The molecular weight excluding hydrogens is 362 g/mol. The van der Waals surface area contributed by atoms with Gasteiger partial charge in [-0.25, -0.2) is 4.52 Å². The number of methoxy groups -OCH3 is 1. The number of hydrogen-bond acceptors (Lipinski definition) is 3. The minimum atomic E-state index is -0.0560. The molecule has 0 aliphatic rings. The van der Waals surface area contributed by atoms with Crippen LogP contribution in [0.2, 0.25) is 5.02 Å². The van der Waals surface area contributed by atoms with Gasteiger partial charge in [0.1, 0.15) is 11.3 Å². The lowest BCUT2D eigenvalue weighted by Crippen LogP contribution is -2.24. The summed E-state index contributed by atoms with van der Waals surface area (Å²) in [6.07, 6.45) is 1.98. The predicted molar refractivity (Wildman–Crippen MR) is 110 cm³/mol. The quantitative estimate of drug-likeness (QED) is 0.626. The van der Waals surface area contributed by atoms with E-state index in [9.17, 15) is 4.79 Å². The number of aromatic nitrogens is 3. The lowest BCUT2D eigenvalue weighted by Gasteiger charge is -2.15. The van der Waals surface area contributed by atoms with Gasteiger partial charge < -0.3 is 4.74 Å². The molecule has 27 heavy (non-hydrogen) atoms. The maximum Gasteiger partial charge on any atom is 0.278 e. The average Bonchev–Trinajstić information content (AvgIpc) is 2.97. The summed E-state index contributed by atoms with van der Waals surface area (Å²) in [6, 6.07) is 5.77. The van der Waals surface area contributed by atoms with Crippen LogP contribution in [0, 0.1) is 13.8 Å². The van der Waals surface area contributed by atoms with Crippen LogP contribution in [0.3, 0.4) is 0 Å². The van der Waals surface area contributed by atoms with E-state index in [1.54, 1.807) is 29.3 Å². The molecule has 0 radical (unpaired) electrons. The second kappa shape index (κ2) is 7.39. The molecule has 0 unspecified atom stereocenters. The first-order valence-corrected chi connectivity index (χ1v) is 9.65. The molecule has 0 aliphatic carbocycles. The summed E-state index contributed by atoms with van der Waals surface area (Å²) in [5, 5.41) is 5.29. The van der Waals surface area contributed by atoms with E-state index in [1.165, 1.54) is 0 Å². The standard InChI is InChI=1S/C21H26ClN3O2/c1-7-14(8-2)15-10-13(4)25-19(15)21(26)24(5)20(23-25)16-9-12(3)18(27-6)11-17(16)22/h9-11,14H,7-8H2,1-6H3. The first kappa shape index (κ1) is 19.5. The van der Waals surface area contributed by atoms with Crippen LogP contribution in [0.1, 0.15) is 49.4 Å². The minimum absolute atomic E-state index is 0.0560. The van der Waals surface area contributed by atoms with Gasteiger partial charge in [0.05, 0.1) is 12.1 Å². The molecule has 144 valence electrons. The Balaban J connectivity index is 2.32. The third kappa shape index (κ3) is 3.14. The molecule has 0 saturated heterocycles. The van der Waals surface area contributed by atoms with Crippen molar-refractivity contribution >= 4 is 17.1 Å². The van der Waals surface area contributed by atoms with Crippen LogP contribution >= 0.6 is 11.6 Å². The van der Waals surface area contributed by atoms with Crippen molar-refractivity contribution in [2.75, 3.05) is 7.11 Å². The summed E-state index contributed by atoms with van der Waals surface area (Å²) in [6.45, 7) is 8.23. The van der Waals surface area contributed by atoms with E-state index >= 15 is 0 Å². The van der Waals surface area contributed by atoms with E-state index in [0.29, 0.717) is 33.6 Å². The second-order valence-electron chi connectivity index (χ2n) is 7.00. The number of benzene rings is 1. The van der Waals surface area contributed by atoms with Crippen molar-refractivity contribution in [1.82, 2.24) is 14.2 Å². The van der Waals surface area contributed by atoms with E-state index in [2.05, 4.69) is 19.9 Å². The van der Waals surface area contributed by atoms with Gasteiger partial charge >= 0.3 is 0 Å². The zero-order valence-electron chi connectivity index (χ0n) is 16.8. The first-order chi connectivity index (χ1) is 12.8. The molecule has 1 aromatic carbocycles. The number of nitrogens with zero attached hydrogens (tertiary/aromatic N) is 3. The molecule has 2 aromatic heterocycles. The van der Waals surface area contributed by atoms with Gasteiger partial charge in [0.25, 0.3) is 5.56 Å². The third-order valence-electron chi connectivity index (χ3n) is 5.35. The van der Waals surface area contributed by atoms with Crippen molar-refractivity contribution in [3.05, 3.63) is 50.4 Å². The first-order valence-electron chi connectivity index (χ1n) is 9.27. The van der Waals surface area contributed by atoms with Gasteiger partial charge in [0, 0.05) is 18.3 Å². The summed E-state index contributed by atoms with van der Waals surface area (Å²) in [4.78, 5) is 13.2. The summed E-state index contributed by atoms with van der Waals surface area (Å²) in [5.74, 6) is 1.60. The largest absolute Gasteiger partial charge is 0.496 e. The second-order valence-corrected chi connectivity index (χ2v) is 7.41. The maximum atomic E-state index is 13.2. The van der Waals surface area contributed by atoms with Crippen molar-refractivity contribution in [3.8, 4) is 17.1 Å². The summed E-state index contributed by atoms with van der Waals surface area (Å²) >= 11 is 6.49. The normalized spacial score (nSPS) is 11.6. The molecule has 3 aromatic rings. The van der Waals surface area contributed by atoms with Crippen LogP contribution < -0.4 is 10.3 Å². The summed E-state index contributed by atoms with van der Waals surface area (Å²) < 4.78 is 8.69. The molecule has 0 spiro atoms. The zero-order valence-corrected chi connectivity index (χ0v) is 17.5. The number of hydrogen-bond donors (Lipinski definition) is 0. The highest BCUT2D eigenvalue weighted by molar-refractivity contribution is 6.33. The molecule has 5 nitrogen and oxygen atoms in total. The van der Waals surface area contributed by atoms with Crippen LogP contribution in [-0.4, -0.2) is 21.3 Å². The Bertz CT molecular complexity index is 1060. The summed E-state index contributed by atoms with van der Waals surface area (Å²) in [5.41, 5.74) is 4.29. The topological polar surface area (TPSA) is 48.5 Å². The van der Waals surface area contributed by atoms with Gasteiger partial charge in [-0.3, -0.25) is 9.36 Å². The van der Waals surface area contributed by atoms with Crippen molar-refractivity contribution in [2.45, 2.75) is 46.5 Å². The van der Waals surface area contributed by atoms with E-state index in [-0.39, 0.29) is 5.56 Å². The van der Waals surface area contributed by atoms with Crippen molar-refractivity contribution in [2.24, 2.45) is 7.05 Å². The van der Waals surface area contributed by atoms with Crippen LogP contribution in [0.4, 0.5) is 0 Å². The molecule has 0 fully saturated rings. The molecule has 3 rings (SSSR count). The van der Waals surface area contributed by atoms with Crippen molar-refractivity contribution in [3.63, 3.8) is 0 Å². The lowest BCUT2D eigenvalue weighted by atomic mass is 9.95. The Kier molecular flexibility index (Phi) is 5.33. The highest BCUT2D eigenvalue weighted by atomic mass is 35.5. The highest BCUT2D eigenvalue weighted by Gasteiger charge is 2.21. The number of aryl methyl sites for hydroxylation is 2. The molecule has 2 heterocycles. The van der Waals surface area contributed by atoms with Crippen LogP contribution in [0.5, 0.6) is 5.75 Å². The molecule has 0 aliphatic heterocycles. The van der Waals surface area contributed by atoms with Gasteiger partial charge in [0.15, 0.2) is 5.82 Å². The van der Waals surface area contributed by atoms with E-state index in [1.807, 2.05) is 19.9 Å². The van der Waals surface area contributed by atoms with Crippen molar-refractivity contribution < 1.29 is 4.74 Å². The number of ether oxygens (including phenoxy) is 1. The minimum Gasteiger partial charge on any atom is -0.496 e. The van der Waals surface area contributed by atoms with Gasteiger partial charge in [-0.2, -0.15) is 0 Å². The molecule has 0 N–H and O–H groups in total. The number of fused-ring (bicyclic) bond motifs is 1. The molecule has 0 saturated carbocycles. The maximum absolute atomic E-state index is 13.2. The van der Waals surface area contributed by atoms with Gasteiger partial charge in [-0.1, -0.05) is 25.4 Å². The van der Waals surface area contributed by atoms with E-state index < -0.39 is 0 Å². The third-order valence-corrected chi connectivity index (χ3v) is 5.67. The van der Waals surface area contributed by atoms with Gasteiger partial charge in [-0.05, 0) is 61.9 Å².